The van der Waals surface area contributed by atoms with Gasteiger partial charge in [-0.3, -0.25) is 4.79 Å². The molecule has 0 N–H and O–H groups in total. The van der Waals surface area contributed by atoms with E-state index in [0.717, 1.165) is 17.7 Å². The molecule has 0 aliphatic carbocycles. The Morgan fingerprint density at radius 3 is 2.79 bits per heavy atom. The summed E-state index contributed by atoms with van der Waals surface area (Å²) in [4.78, 5) is 27.9. The number of carbonyl (C=O) groups is 2. The zero-order valence-electron chi connectivity index (χ0n) is 13.0. The zero-order valence-corrected chi connectivity index (χ0v) is 13.0. The number of nitrogens with zero attached hydrogens (tertiary/aromatic N) is 6. The number of rotatable bonds is 2. The summed E-state index contributed by atoms with van der Waals surface area (Å²) < 4.78 is 15.4. The van der Waals surface area contributed by atoms with Gasteiger partial charge in [-0.2, -0.15) is 4.68 Å². The molecule has 4 rings (SSSR count). The van der Waals surface area contributed by atoms with Crippen LogP contribution in [0, 0.1) is 12.7 Å². The lowest BCUT2D eigenvalue weighted by Crippen LogP contribution is -2.39. The van der Waals surface area contributed by atoms with Gasteiger partial charge >= 0.3 is 6.03 Å². The number of carbonyl (C=O) groups excluding carboxylic acids is 2. The number of amides is 3. The molecule has 2 aliphatic heterocycles. The van der Waals surface area contributed by atoms with Crippen molar-refractivity contribution in [3.63, 3.8) is 0 Å². The van der Waals surface area contributed by atoms with Crippen molar-refractivity contribution < 1.29 is 14.0 Å². The second kappa shape index (κ2) is 5.36. The molecular formula is C15H15FN6O2. The van der Waals surface area contributed by atoms with Gasteiger partial charge < -0.3 is 4.90 Å². The van der Waals surface area contributed by atoms with Crippen LogP contribution in [0.2, 0.25) is 0 Å². The van der Waals surface area contributed by atoms with Gasteiger partial charge in [0.05, 0.1) is 5.69 Å². The number of aryl methyl sites for hydroxylation is 1. The molecule has 9 heteroatoms. The van der Waals surface area contributed by atoms with E-state index in [1.54, 1.807) is 11.8 Å². The van der Waals surface area contributed by atoms with E-state index in [9.17, 15) is 14.0 Å². The molecule has 3 amide bonds. The van der Waals surface area contributed by atoms with Crippen molar-refractivity contribution in [1.82, 2.24) is 25.1 Å². The lowest BCUT2D eigenvalue weighted by atomic mass is 10.0. The standard InChI is InChI=1S/C15H15FN6O2/c1-9-17-18-19-22(9)13-8-10(5-6-11(13)16)21-14(23)12-4-2-3-7-20(12)15(21)24/h5-6,8,12H,2-4,7H2,1H3/t12-/m1/s1. The molecule has 1 aromatic heterocycles. The summed E-state index contributed by atoms with van der Waals surface area (Å²) in [5.41, 5.74) is 0.422. The largest absolute Gasteiger partial charge is 0.332 e. The van der Waals surface area contributed by atoms with Crippen LogP contribution in [-0.4, -0.2) is 49.6 Å². The van der Waals surface area contributed by atoms with E-state index in [-0.39, 0.29) is 17.6 Å². The first-order chi connectivity index (χ1) is 11.6. The second-order valence-electron chi connectivity index (χ2n) is 5.93. The predicted molar refractivity (Wildman–Crippen MR) is 81.1 cm³/mol. The summed E-state index contributed by atoms with van der Waals surface area (Å²) in [5, 5.41) is 11.0. The van der Waals surface area contributed by atoms with Crippen LogP contribution < -0.4 is 4.90 Å². The Balaban J connectivity index is 1.76. The van der Waals surface area contributed by atoms with Crippen molar-refractivity contribution in [3.8, 4) is 5.69 Å². The number of tetrazole rings is 1. The van der Waals surface area contributed by atoms with Crippen LogP contribution in [0.4, 0.5) is 14.9 Å². The number of hydrogen-bond acceptors (Lipinski definition) is 5. The quantitative estimate of drug-likeness (QED) is 0.778. The Kier molecular flexibility index (Phi) is 3.29. The van der Waals surface area contributed by atoms with Gasteiger partial charge in [0.15, 0.2) is 5.82 Å². The fourth-order valence-electron chi connectivity index (χ4n) is 3.28. The van der Waals surface area contributed by atoms with Gasteiger partial charge in [-0.15, -0.1) is 5.10 Å². The van der Waals surface area contributed by atoms with E-state index < -0.39 is 11.9 Å². The average Bonchev–Trinajstić information content (AvgIpc) is 3.11. The molecule has 1 aromatic carbocycles. The third kappa shape index (κ3) is 2.08. The van der Waals surface area contributed by atoms with Gasteiger partial charge in [-0.25, -0.2) is 14.1 Å². The molecule has 24 heavy (non-hydrogen) atoms. The SMILES string of the molecule is Cc1nnnn1-c1cc(N2C(=O)[C@H]3CCCCN3C2=O)ccc1F. The van der Waals surface area contributed by atoms with E-state index in [1.807, 2.05) is 0 Å². The number of aromatic nitrogens is 4. The van der Waals surface area contributed by atoms with Crippen LogP contribution in [-0.2, 0) is 4.79 Å². The first-order valence-electron chi connectivity index (χ1n) is 7.77. The van der Waals surface area contributed by atoms with Crippen molar-refractivity contribution in [1.29, 1.82) is 0 Å². The van der Waals surface area contributed by atoms with Crippen LogP contribution in [0.3, 0.4) is 0 Å². The lowest BCUT2D eigenvalue weighted by molar-refractivity contribution is -0.120. The highest BCUT2D eigenvalue weighted by Crippen LogP contribution is 2.32. The molecule has 2 aliphatic rings. The monoisotopic (exact) mass is 330 g/mol. The number of urea groups is 1. The van der Waals surface area contributed by atoms with Crippen molar-refractivity contribution in [2.75, 3.05) is 11.4 Å². The number of fused-ring (bicyclic) bond motifs is 1. The van der Waals surface area contributed by atoms with Crippen LogP contribution >= 0.6 is 0 Å². The smallest absolute Gasteiger partial charge is 0.312 e. The van der Waals surface area contributed by atoms with Crippen molar-refractivity contribution in [2.45, 2.75) is 32.2 Å². The van der Waals surface area contributed by atoms with E-state index in [2.05, 4.69) is 15.5 Å². The van der Waals surface area contributed by atoms with Gasteiger partial charge in [0, 0.05) is 6.54 Å². The molecule has 2 aromatic rings. The number of imide groups is 1. The highest BCUT2D eigenvalue weighted by Gasteiger charge is 2.46. The summed E-state index contributed by atoms with van der Waals surface area (Å²) in [6.07, 6.45) is 2.48. The minimum Gasteiger partial charge on any atom is -0.312 e. The van der Waals surface area contributed by atoms with Gasteiger partial charge in [-0.05, 0) is 54.8 Å². The minimum absolute atomic E-state index is 0.0977. The summed E-state index contributed by atoms with van der Waals surface area (Å²) >= 11 is 0. The number of anilines is 1. The first-order valence-corrected chi connectivity index (χ1v) is 7.77. The minimum atomic E-state index is -0.536. The number of halogens is 1. The van der Waals surface area contributed by atoms with Crippen LogP contribution in [0.25, 0.3) is 5.69 Å². The predicted octanol–water partition coefficient (Wildman–Crippen LogP) is 1.43. The van der Waals surface area contributed by atoms with Gasteiger partial charge in [0.2, 0.25) is 0 Å². The van der Waals surface area contributed by atoms with E-state index in [4.69, 9.17) is 0 Å². The zero-order chi connectivity index (χ0) is 16.8. The normalized spacial score (nSPS) is 20.7. The number of benzene rings is 1. The summed E-state index contributed by atoms with van der Waals surface area (Å²) in [7, 11) is 0. The fourth-order valence-corrected chi connectivity index (χ4v) is 3.28. The summed E-state index contributed by atoms with van der Waals surface area (Å²) in [6.45, 7) is 2.21. The number of hydrogen-bond donors (Lipinski definition) is 0. The maximum absolute atomic E-state index is 14.2. The molecule has 0 saturated carbocycles. The average molecular weight is 330 g/mol. The molecule has 124 valence electrons. The maximum atomic E-state index is 14.2. The van der Waals surface area contributed by atoms with E-state index >= 15 is 0 Å². The Morgan fingerprint density at radius 2 is 2.08 bits per heavy atom. The molecule has 1 atom stereocenters. The topological polar surface area (TPSA) is 84.2 Å². The Morgan fingerprint density at radius 1 is 1.25 bits per heavy atom. The third-order valence-electron chi connectivity index (χ3n) is 4.49. The summed E-state index contributed by atoms with van der Waals surface area (Å²) in [6, 6.07) is 3.30. The highest BCUT2D eigenvalue weighted by atomic mass is 19.1. The van der Waals surface area contributed by atoms with E-state index in [0.29, 0.717) is 24.5 Å². The molecule has 8 nitrogen and oxygen atoms in total. The van der Waals surface area contributed by atoms with Crippen molar-refractivity contribution in [2.24, 2.45) is 0 Å². The molecule has 2 fully saturated rings. The lowest BCUT2D eigenvalue weighted by Gasteiger charge is -2.25. The molecule has 0 radical (unpaired) electrons. The Bertz CT molecular complexity index is 811. The second-order valence-corrected chi connectivity index (χ2v) is 5.93. The van der Waals surface area contributed by atoms with E-state index in [1.165, 1.54) is 22.9 Å². The first kappa shape index (κ1) is 14.7. The molecule has 0 spiro atoms. The van der Waals surface area contributed by atoms with Crippen LogP contribution in [0.15, 0.2) is 18.2 Å². The molecule has 0 unspecified atom stereocenters. The van der Waals surface area contributed by atoms with Gasteiger partial charge in [0.1, 0.15) is 17.5 Å². The molecular weight excluding hydrogens is 315 g/mol. The Hall–Kier alpha value is -2.84. The Labute approximate surface area is 136 Å². The fraction of sp³-hybridized carbons (Fsp3) is 0.400. The summed E-state index contributed by atoms with van der Waals surface area (Å²) in [5.74, 6) is -0.390. The molecule has 2 saturated heterocycles. The maximum Gasteiger partial charge on any atom is 0.332 e. The van der Waals surface area contributed by atoms with Gasteiger partial charge in [0.25, 0.3) is 5.91 Å². The molecule has 3 heterocycles. The van der Waals surface area contributed by atoms with Crippen LogP contribution in [0.5, 0.6) is 0 Å². The van der Waals surface area contributed by atoms with Crippen LogP contribution in [0.1, 0.15) is 25.1 Å². The third-order valence-corrected chi connectivity index (χ3v) is 4.49. The highest BCUT2D eigenvalue weighted by molar-refractivity contribution is 6.21. The van der Waals surface area contributed by atoms with Crippen molar-refractivity contribution >= 4 is 17.6 Å². The molecule has 0 bridgehead atoms. The van der Waals surface area contributed by atoms with Crippen molar-refractivity contribution in [3.05, 3.63) is 29.8 Å². The van der Waals surface area contributed by atoms with Gasteiger partial charge in [-0.1, -0.05) is 0 Å². The number of piperidine rings is 1.